The van der Waals surface area contributed by atoms with Crippen LogP contribution in [0.25, 0.3) is 0 Å². The number of hydrogen-bond acceptors (Lipinski definition) is 2. The molecule has 0 unspecified atom stereocenters. The van der Waals surface area contributed by atoms with Crippen molar-refractivity contribution in [2.45, 2.75) is 4.90 Å². The molecule has 1 aromatic heterocycles. The Hall–Kier alpha value is -1.72. The van der Waals surface area contributed by atoms with Crippen LogP contribution in [0, 0.1) is 11.8 Å². The molecule has 2 heteroatoms. The van der Waals surface area contributed by atoms with E-state index in [9.17, 15) is 0 Å². The van der Waals surface area contributed by atoms with E-state index < -0.39 is 0 Å². The molecule has 0 radical (unpaired) electrons. The second-order valence-corrected chi connectivity index (χ2v) is 4.17. The number of hydrogen-bond donors (Lipinski definition) is 0. The van der Waals surface area contributed by atoms with Crippen molar-refractivity contribution in [1.82, 2.24) is 4.98 Å². The van der Waals surface area contributed by atoms with Crippen molar-refractivity contribution in [1.29, 1.82) is 0 Å². The molecule has 0 saturated heterocycles. The van der Waals surface area contributed by atoms with Gasteiger partial charge in [0.2, 0.25) is 0 Å². The zero-order chi connectivity index (χ0) is 11.1. The van der Waals surface area contributed by atoms with Gasteiger partial charge < -0.3 is 0 Å². The van der Waals surface area contributed by atoms with Crippen molar-refractivity contribution in [2.75, 3.05) is 5.75 Å². The summed E-state index contributed by atoms with van der Waals surface area (Å²) in [6, 6.07) is 16.0. The average molecular weight is 225 g/mol. The Morgan fingerprint density at radius 3 is 2.56 bits per heavy atom. The van der Waals surface area contributed by atoms with E-state index in [2.05, 4.69) is 29.0 Å². The van der Waals surface area contributed by atoms with Crippen LogP contribution < -0.4 is 0 Å². The highest BCUT2D eigenvalue weighted by molar-refractivity contribution is 7.99. The summed E-state index contributed by atoms with van der Waals surface area (Å²) in [6.45, 7) is 0. The molecule has 0 aliphatic rings. The molecule has 2 aromatic rings. The summed E-state index contributed by atoms with van der Waals surface area (Å²) < 4.78 is 0. The van der Waals surface area contributed by atoms with Gasteiger partial charge in [-0.2, -0.15) is 0 Å². The summed E-state index contributed by atoms with van der Waals surface area (Å²) in [5, 5.41) is 0. The Labute approximate surface area is 99.9 Å². The molecule has 1 aromatic carbocycles. The van der Waals surface area contributed by atoms with Crippen LogP contribution in [0.4, 0.5) is 0 Å². The molecule has 1 nitrogen and oxygen atoms in total. The van der Waals surface area contributed by atoms with Crippen molar-refractivity contribution in [3.63, 3.8) is 0 Å². The predicted octanol–water partition coefficient (Wildman–Crippen LogP) is 3.23. The maximum absolute atomic E-state index is 4.14. The molecule has 0 aliphatic heterocycles. The first kappa shape index (κ1) is 10.8. The number of pyridine rings is 1. The Balaban J connectivity index is 1.87. The molecule has 2 rings (SSSR count). The lowest BCUT2D eigenvalue weighted by atomic mass is 10.3. The van der Waals surface area contributed by atoms with Crippen LogP contribution in [0.5, 0.6) is 0 Å². The zero-order valence-electron chi connectivity index (χ0n) is 8.76. The lowest BCUT2D eigenvalue weighted by Gasteiger charge is -1.94. The Morgan fingerprint density at radius 1 is 1.00 bits per heavy atom. The van der Waals surface area contributed by atoms with Crippen LogP contribution in [0.1, 0.15) is 5.69 Å². The van der Waals surface area contributed by atoms with Gasteiger partial charge >= 0.3 is 0 Å². The van der Waals surface area contributed by atoms with Gasteiger partial charge in [-0.25, -0.2) is 4.98 Å². The minimum atomic E-state index is 0.792. The highest BCUT2D eigenvalue weighted by Crippen LogP contribution is 2.15. The summed E-state index contributed by atoms with van der Waals surface area (Å²) in [7, 11) is 0. The van der Waals surface area contributed by atoms with Gasteiger partial charge in [0.05, 0.1) is 5.75 Å². The Bertz CT molecular complexity index is 482. The normalized spacial score (nSPS) is 9.25. The molecule has 0 N–H and O–H groups in total. The number of rotatable bonds is 2. The van der Waals surface area contributed by atoms with Crippen LogP contribution in [0.15, 0.2) is 59.6 Å². The van der Waals surface area contributed by atoms with Gasteiger partial charge in [0.25, 0.3) is 0 Å². The fraction of sp³-hybridized carbons (Fsp3) is 0.0714. The first-order valence-corrected chi connectivity index (χ1v) is 6.01. The summed E-state index contributed by atoms with van der Waals surface area (Å²) >= 11 is 1.74. The van der Waals surface area contributed by atoms with Crippen LogP contribution in [-0.2, 0) is 0 Å². The molecule has 0 aliphatic carbocycles. The van der Waals surface area contributed by atoms with Crippen molar-refractivity contribution < 1.29 is 0 Å². The van der Waals surface area contributed by atoms with E-state index in [-0.39, 0.29) is 0 Å². The van der Waals surface area contributed by atoms with Gasteiger partial charge in [0.15, 0.2) is 0 Å². The molecular formula is C14H11NS. The number of nitrogens with zero attached hydrogens (tertiary/aromatic N) is 1. The van der Waals surface area contributed by atoms with Gasteiger partial charge in [-0.15, -0.1) is 11.8 Å². The van der Waals surface area contributed by atoms with E-state index in [0.717, 1.165) is 11.4 Å². The monoisotopic (exact) mass is 225 g/mol. The minimum Gasteiger partial charge on any atom is -0.248 e. The maximum Gasteiger partial charge on any atom is 0.113 e. The summed E-state index contributed by atoms with van der Waals surface area (Å²) in [5.41, 5.74) is 0.830. The third-order valence-corrected chi connectivity index (χ3v) is 2.83. The fourth-order valence-corrected chi connectivity index (χ4v) is 1.86. The van der Waals surface area contributed by atoms with E-state index in [1.165, 1.54) is 4.90 Å². The van der Waals surface area contributed by atoms with Crippen molar-refractivity contribution >= 4 is 11.8 Å². The van der Waals surface area contributed by atoms with Crippen molar-refractivity contribution in [2.24, 2.45) is 0 Å². The topological polar surface area (TPSA) is 12.9 Å². The maximum atomic E-state index is 4.14. The standard InChI is InChI=1S/C14H11NS/c1-2-9-14(10-3-1)16-12-6-8-13-7-4-5-11-15-13/h1-5,7,9-11H,12H2. The van der Waals surface area contributed by atoms with Crippen LogP contribution >= 0.6 is 11.8 Å². The molecule has 0 amide bonds. The highest BCUT2D eigenvalue weighted by atomic mass is 32.2. The van der Waals surface area contributed by atoms with Gasteiger partial charge in [-0.3, -0.25) is 0 Å². The summed E-state index contributed by atoms with van der Waals surface area (Å²) in [5.74, 6) is 6.93. The van der Waals surface area contributed by atoms with Crippen molar-refractivity contribution in [3.8, 4) is 11.8 Å². The first-order valence-electron chi connectivity index (χ1n) is 5.03. The molecule has 0 saturated carbocycles. The third kappa shape index (κ3) is 3.45. The predicted molar refractivity (Wildman–Crippen MR) is 68.3 cm³/mol. The zero-order valence-corrected chi connectivity index (χ0v) is 9.58. The van der Waals surface area contributed by atoms with Gasteiger partial charge in [-0.1, -0.05) is 30.2 Å². The minimum absolute atomic E-state index is 0.792. The molecule has 16 heavy (non-hydrogen) atoms. The SMILES string of the molecule is C(#Cc1ccccn1)CSc1ccccc1. The third-order valence-electron chi connectivity index (χ3n) is 1.94. The fourth-order valence-electron chi connectivity index (χ4n) is 1.20. The van der Waals surface area contributed by atoms with Crippen LogP contribution in [0.2, 0.25) is 0 Å². The Kier molecular flexibility index (Phi) is 4.04. The van der Waals surface area contributed by atoms with Gasteiger partial charge in [0.1, 0.15) is 5.69 Å². The molecule has 1 heterocycles. The molecule has 0 spiro atoms. The second kappa shape index (κ2) is 5.99. The largest absolute Gasteiger partial charge is 0.248 e. The van der Waals surface area contributed by atoms with Crippen molar-refractivity contribution in [3.05, 3.63) is 60.4 Å². The molecule has 0 fully saturated rings. The molecule has 0 bridgehead atoms. The number of thioether (sulfide) groups is 1. The van der Waals surface area contributed by atoms with E-state index in [1.54, 1.807) is 18.0 Å². The van der Waals surface area contributed by atoms with E-state index >= 15 is 0 Å². The summed E-state index contributed by atoms with van der Waals surface area (Å²) in [4.78, 5) is 5.39. The lowest BCUT2D eigenvalue weighted by Crippen LogP contribution is -1.79. The second-order valence-electron chi connectivity index (χ2n) is 3.12. The first-order chi connectivity index (χ1) is 7.95. The van der Waals surface area contributed by atoms with Crippen LogP contribution in [-0.4, -0.2) is 10.7 Å². The summed E-state index contributed by atoms with van der Waals surface area (Å²) in [6.07, 6.45) is 1.76. The van der Waals surface area contributed by atoms with E-state index in [1.807, 2.05) is 36.4 Å². The van der Waals surface area contributed by atoms with Gasteiger partial charge in [0, 0.05) is 11.1 Å². The molecule has 78 valence electrons. The lowest BCUT2D eigenvalue weighted by molar-refractivity contribution is 1.29. The quantitative estimate of drug-likeness (QED) is 0.575. The Morgan fingerprint density at radius 2 is 1.81 bits per heavy atom. The average Bonchev–Trinajstić information content (AvgIpc) is 2.37. The highest BCUT2D eigenvalue weighted by Gasteiger charge is 1.88. The van der Waals surface area contributed by atoms with E-state index in [4.69, 9.17) is 0 Å². The molecule has 0 atom stereocenters. The van der Waals surface area contributed by atoms with Gasteiger partial charge in [-0.05, 0) is 30.2 Å². The molecular weight excluding hydrogens is 214 g/mol. The van der Waals surface area contributed by atoms with E-state index in [0.29, 0.717) is 0 Å². The number of benzene rings is 1. The number of aromatic nitrogens is 1. The smallest absolute Gasteiger partial charge is 0.113 e. The van der Waals surface area contributed by atoms with Crippen LogP contribution in [0.3, 0.4) is 0 Å².